The van der Waals surface area contributed by atoms with Crippen molar-refractivity contribution in [2.45, 2.75) is 12.8 Å². The molecular weight excluding hydrogens is 272 g/mol. The van der Waals surface area contributed by atoms with E-state index in [0.29, 0.717) is 6.42 Å². The molecule has 1 amide bonds. The van der Waals surface area contributed by atoms with Crippen molar-refractivity contribution >= 4 is 17.3 Å². The summed E-state index contributed by atoms with van der Waals surface area (Å²) in [7, 11) is 0. The highest BCUT2D eigenvalue weighted by atomic mass is 16.6. The molecule has 2 rings (SSSR count). The van der Waals surface area contributed by atoms with Crippen molar-refractivity contribution in [1.82, 2.24) is 0 Å². The molecule has 0 saturated heterocycles. The van der Waals surface area contributed by atoms with Gasteiger partial charge in [0.05, 0.1) is 16.7 Å². The topological polar surface area (TPSA) is 92.5 Å². The summed E-state index contributed by atoms with van der Waals surface area (Å²) in [6.07, 6.45) is 0.848. The molecule has 0 spiro atoms. The zero-order valence-electron chi connectivity index (χ0n) is 11.2. The van der Waals surface area contributed by atoms with Gasteiger partial charge in [-0.3, -0.25) is 14.9 Å². The zero-order chi connectivity index (χ0) is 15.2. The van der Waals surface area contributed by atoms with E-state index in [9.17, 15) is 20.0 Å². The first-order valence-corrected chi connectivity index (χ1v) is 6.37. The summed E-state index contributed by atoms with van der Waals surface area (Å²) < 4.78 is 0. The lowest BCUT2D eigenvalue weighted by molar-refractivity contribution is -0.384. The number of nitrogens with zero attached hydrogens (tertiary/aromatic N) is 1. The van der Waals surface area contributed by atoms with Crippen LogP contribution in [-0.4, -0.2) is 15.9 Å². The van der Waals surface area contributed by atoms with Crippen LogP contribution in [-0.2, 0) is 11.2 Å². The van der Waals surface area contributed by atoms with Gasteiger partial charge in [-0.2, -0.15) is 0 Å². The Labute approximate surface area is 121 Å². The molecule has 2 aromatic rings. The molecule has 21 heavy (non-hydrogen) atoms. The second-order valence-corrected chi connectivity index (χ2v) is 4.49. The van der Waals surface area contributed by atoms with Gasteiger partial charge in [-0.15, -0.1) is 0 Å². The minimum atomic E-state index is -0.610. The Balaban J connectivity index is 1.95. The van der Waals surface area contributed by atoms with Gasteiger partial charge >= 0.3 is 0 Å². The highest BCUT2D eigenvalue weighted by molar-refractivity contribution is 5.92. The second kappa shape index (κ2) is 6.51. The molecule has 0 aliphatic heterocycles. The van der Waals surface area contributed by atoms with Crippen molar-refractivity contribution in [3.05, 3.63) is 64.2 Å². The van der Waals surface area contributed by atoms with E-state index in [0.717, 1.165) is 11.6 Å². The number of anilines is 1. The summed E-state index contributed by atoms with van der Waals surface area (Å²) in [6.45, 7) is 0. The lowest BCUT2D eigenvalue weighted by atomic mass is 10.1. The maximum atomic E-state index is 11.8. The number of nitrogens with one attached hydrogen (secondary N) is 1. The van der Waals surface area contributed by atoms with Crippen LogP contribution < -0.4 is 5.32 Å². The Morgan fingerprint density at radius 3 is 2.52 bits per heavy atom. The highest BCUT2D eigenvalue weighted by Crippen LogP contribution is 2.27. The molecule has 0 aliphatic rings. The fourth-order valence-corrected chi connectivity index (χ4v) is 1.85. The SMILES string of the molecule is O=C(CCc1ccccc1)Nc1ccc([N+](=O)[O-])cc1O. The summed E-state index contributed by atoms with van der Waals surface area (Å²) in [5, 5.41) is 22.7. The molecule has 0 radical (unpaired) electrons. The van der Waals surface area contributed by atoms with Gasteiger partial charge in [-0.05, 0) is 18.1 Å². The smallest absolute Gasteiger partial charge is 0.273 e. The van der Waals surface area contributed by atoms with Gasteiger partial charge in [-0.25, -0.2) is 0 Å². The van der Waals surface area contributed by atoms with Crippen LogP contribution in [0.2, 0.25) is 0 Å². The van der Waals surface area contributed by atoms with Crippen molar-refractivity contribution in [2.24, 2.45) is 0 Å². The summed E-state index contributed by atoms with van der Waals surface area (Å²) in [4.78, 5) is 21.7. The number of aromatic hydroxyl groups is 1. The molecule has 2 aromatic carbocycles. The van der Waals surface area contributed by atoms with Gasteiger partial charge in [0, 0.05) is 12.5 Å². The number of benzene rings is 2. The number of carbonyl (C=O) groups is 1. The quantitative estimate of drug-likeness (QED) is 0.502. The number of nitro benzene ring substituents is 1. The predicted octanol–water partition coefficient (Wildman–Crippen LogP) is 2.87. The number of hydrogen-bond donors (Lipinski definition) is 2. The number of phenolic OH excluding ortho intramolecular Hbond substituents is 1. The average Bonchev–Trinajstić information content (AvgIpc) is 2.48. The third-order valence-corrected chi connectivity index (χ3v) is 2.95. The molecule has 0 unspecified atom stereocenters. The number of carbonyl (C=O) groups excluding carboxylic acids is 1. The normalized spacial score (nSPS) is 10.1. The van der Waals surface area contributed by atoms with Gasteiger partial charge in [-0.1, -0.05) is 30.3 Å². The van der Waals surface area contributed by atoms with Crippen LogP contribution in [0.1, 0.15) is 12.0 Å². The summed E-state index contributed by atoms with van der Waals surface area (Å²) in [6, 6.07) is 13.1. The molecule has 0 heterocycles. The number of non-ortho nitro benzene ring substituents is 1. The molecule has 0 aromatic heterocycles. The van der Waals surface area contributed by atoms with Gasteiger partial charge in [0.1, 0.15) is 5.75 Å². The van der Waals surface area contributed by atoms with Crippen LogP contribution >= 0.6 is 0 Å². The minimum Gasteiger partial charge on any atom is -0.506 e. The number of aryl methyl sites for hydroxylation is 1. The Kier molecular flexibility index (Phi) is 4.50. The van der Waals surface area contributed by atoms with E-state index in [4.69, 9.17) is 0 Å². The van der Waals surface area contributed by atoms with Crippen molar-refractivity contribution in [1.29, 1.82) is 0 Å². The van der Waals surface area contributed by atoms with Crippen LogP contribution in [0.5, 0.6) is 5.75 Å². The van der Waals surface area contributed by atoms with Crippen molar-refractivity contribution in [2.75, 3.05) is 5.32 Å². The molecule has 0 saturated carbocycles. The van der Waals surface area contributed by atoms with Gasteiger partial charge in [0.25, 0.3) is 5.69 Å². The van der Waals surface area contributed by atoms with Crippen molar-refractivity contribution in [3.8, 4) is 5.75 Å². The molecule has 0 fully saturated rings. The first-order valence-electron chi connectivity index (χ1n) is 6.37. The highest BCUT2D eigenvalue weighted by Gasteiger charge is 2.12. The largest absolute Gasteiger partial charge is 0.506 e. The van der Waals surface area contributed by atoms with Crippen LogP contribution in [0.15, 0.2) is 48.5 Å². The van der Waals surface area contributed by atoms with Gasteiger partial charge in [0.15, 0.2) is 0 Å². The molecule has 0 bridgehead atoms. The van der Waals surface area contributed by atoms with Gasteiger partial charge < -0.3 is 10.4 Å². The third-order valence-electron chi connectivity index (χ3n) is 2.95. The first-order chi connectivity index (χ1) is 10.1. The maximum absolute atomic E-state index is 11.8. The Bertz CT molecular complexity index is 656. The number of hydrogen-bond acceptors (Lipinski definition) is 4. The molecule has 108 valence electrons. The van der Waals surface area contributed by atoms with E-state index in [2.05, 4.69) is 5.32 Å². The van der Waals surface area contributed by atoms with Crippen LogP contribution in [0, 0.1) is 10.1 Å². The Hall–Kier alpha value is -2.89. The summed E-state index contributed by atoms with van der Waals surface area (Å²) in [5.41, 5.74) is 0.981. The second-order valence-electron chi connectivity index (χ2n) is 4.49. The maximum Gasteiger partial charge on any atom is 0.273 e. The van der Waals surface area contributed by atoms with E-state index < -0.39 is 4.92 Å². The van der Waals surface area contributed by atoms with E-state index >= 15 is 0 Å². The number of amides is 1. The summed E-state index contributed by atoms with van der Waals surface area (Å²) >= 11 is 0. The van der Waals surface area contributed by atoms with Crippen LogP contribution in [0.25, 0.3) is 0 Å². The predicted molar refractivity (Wildman–Crippen MR) is 78.2 cm³/mol. The van der Waals surface area contributed by atoms with Gasteiger partial charge in [0.2, 0.25) is 5.91 Å². The fraction of sp³-hybridized carbons (Fsp3) is 0.133. The minimum absolute atomic E-state index is 0.165. The van der Waals surface area contributed by atoms with Crippen LogP contribution in [0.4, 0.5) is 11.4 Å². The number of nitro groups is 1. The monoisotopic (exact) mass is 286 g/mol. The molecule has 2 N–H and O–H groups in total. The zero-order valence-corrected chi connectivity index (χ0v) is 11.2. The van der Waals surface area contributed by atoms with E-state index in [1.165, 1.54) is 12.1 Å². The van der Waals surface area contributed by atoms with E-state index in [1.807, 2.05) is 30.3 Å². The number of rotatable bonds is 5. The van der Waals surface area contributed by atoms with Crippen molar-refractivity contribution < 1.29 is 14.8 Å². The Morgan fingerprint density at radius 2 is 1.90 bits per heavy atom. The molecule has 0 aliphatic carbocycles. The molecule has 0 atom stereocenters. The lowest BCUT2D eigenvalue weighted by Crippen LogP contribution is -2.12. The summed E-state index contributed by atoms with van der Waals surface area (Å²) in [5.74, 6) is -0.583. The van der Waals surface area contributed by atoms with Crippen molar-refractivity contribution in [3.63, 3.8) is 0 Å². The fourth-order valence-electron chi connectivity index (χ4n) is 1.85. The van der Waals surface area contributed by atoms with E-state index in [1.54, 1.807) is 0 Å². The lowest BCUT2D eigenvalue weighted by Gasteiger charge is -2.07. The average molecular weight is 286 g/mol. The first kappa shape index (κ1) is 14.5. The number of phenols is 1. The molecular formula is C15H14N2O4. The van der Waals surface area contributed by atoms with E-state index in [-0.39, 0.29) is 29.5 Å². The standard InChI is InChI=1S/C15H14N2O4/c18-14-10-12(17(20)21)7-8-13(14)16-15(19)9-6-11-4-2-1-3-5-11/h1-5,7-8,10,18H,6,9H2,(H,16,19). The third kappa shape index (κ3) is 4.04. The molecule has 6 heteroatoms. The van der Waals surface area contributed by atoms with Crippen LogP contribution in [0.3, 0.4) is 0 Å². The molecule has 6 nitrogen and oxygen atoms in total. The Morgan fingerprint density at radius 1 is 1.19 bits per heavy atom.